The number of benzene rings is 1. The number of ether oxygens (including phenoxy) is 1. The molecule has 2 aliphatic heterocycles. The maximum Gasteiger partial charge on any atom is 0.246 e. The van der Waals surface area contributed by atoms with Crippen LogP contribution in [0.2, 0.25) is 0 Å². The fraction of sp³-hybridized carbons (Fsp3) is 0.444. The van der Waals surface area contributed by atoms with Gasteiger partial charge in [0.25, 0.3) is 0 Å². The van der Waals surface area contributed by atoms with Crippen molar-refractivity contribution in [2.24, 2.45) is 0 Å². The van der Waals surface area contributed by atoms with Gasteiger partial charge >= 0.3 is 0 Å². The number of nitrogens with zero attached hydrogens (tertiary/aromatic N) is 2. The van der Waals surface area contributed by atoms with E-state index in [-0.39, 0.29) is 24.2 Å². The highest BCUT2D eigenvalue weighted by atomic mass is 32.2. The molecule has 140 valence electrons. The number of piperazine rings is 1. The van der Waals surface area contributed by atoms with Crippen molar-refractivity contribution >= 4 is 10.0 Å². The molecule has 1 aromatic carbocycles. The van der Waals surface area contributed by atoms with Gasteiger partial charge in [-0.25, -0.2) is 12.8 Å². The Hall–Kier alpha value is -1.74. The summed E-state index contributed by atoms with van der Waals surface area (Å²) in [5.74, 6) is -0.729. The van der Waals surface area contributed by atoms with Gasteiger partial charge in [-0.3, -0.25) is 0 Å². The lowest BCUT2D eigenvalue weighted by Gasteiger charge is -2.44. The van der Waals surface area contributed by atoms with Crippen LogP contribution >= 0.6 is 0 Å². The minimum atomic E-state index is -3.95. The number of halogens is 1. The van der Waals surface area contributed by atoms with Crippen LogP contribution in [-0.4, -0.2) is 69.1 Å². The van der Waals surface area contributed by atoms with E-state index < -0.39 is 21.9 Å². The lowest BCUT2D eigenvalue weighted by atomic mass is 9.99. The Morgan fingerprint density at radius 1 is 1.15 bits per heavy atom. The molecular formula is C18H22FN3O3S. The van der Waals surface area contributed by atoms with Crippen molar-refractivity contribution in [2.45, 2.75) is 17.0 Å². The van der Waals surface area contributed by atoms with Gasteiger partial charge in [0.2, 0.25) is 10.0 Å². The number of hydrogen-bond donors (Lipinski definition) is 1. The second kappa shape index (κ2) is 7.11. The zero-order chi connectivity index (χ0) is 18.1. The number of rotatable bonds is 3. The van der Waals surface area contributed by atoms with Crippen molar-refractivity contribution < 1.29 is 17.5 Å². The highest BCUT2D eigenvalue weighted by Gasteiger charge is 2.43. The van der Waals surface area contributed by atoms with Crippen molar-refractivity contribution in [1.82, 2.24) is 14.5 Å². The summed E-state index contributed by atoms with van der Waals surface area (Å²) < 4.78 is 47.7. The smallest absolute Gasteiger partial charge is 0.246 e. The standard InChI is InChI=1S/C18H22FN3O3S/c19-14-4-1-2-7-17(14)26(23,24)22-12-13-25-18-15(5-3-6-16(18)22)21-10-8-20-9-11-21/h1-7,16,18,20H,8-13H2. The highest BCUT2D eigenvalue weighted by molar-refractivity contribution is 7.89. The van der Waals surface area contributed by atoms with E-state index in [1.165, 1.54) is 28.6 Å². The molecule has 2 atom stereocenters. The molecule has 26 heavy (non-hydrogen) atoms. The van der Waals surface area contributed by atoms with Crippen LogP contribution in [0.25, 0.3) is 0 Å². The summed E-state index contributed by atoms with van der Waals surface area (Å²) in [6.07, 6.45) is 5.32. The lowest BCUT2D eigenvalue weighted by Crippen LogP contribution is -2.57. The third-order valence-electron chi connectivity index (χ3n) is 5.02. The first kappa shape index (κ1) is 17.7. The number of hydrogen-bond acceptors (Lipinski definition) is 5. The fourth-order valence-corrected chi connectivity index (χ4v) is 5.39. The van der Waals surface area contributed by atoms with Crippen molar-refractivity contribution in [2.75, 3.05) is 39.3 Å². The Labute approximate surface area is 153 Å². The molecule has 1 aromatic rings. The summed E-state index contributed by atoms with van der Waals surface area (Å²) >= 11 is 0. The van der Waals surface area contributed by atoms with Crippen molar-refractivity contribution in [1.29, 1.82) is 0 Å². The molecule has 1 aliphatic carbocycles. The molecular weight excluding hydrogens is 357 g/mol. The zero-order valence-electron chi connectivity index (χ0n) is 14.3. The van der Waals surface area contributed by atoms with E-state index in [4.69, 9.17) is 4.74 Å². The molecule has 2 fully saturated rings. The summed E-state index contributed by atoms with van der Waals surface area (Å²) in [6, 6.07) is 5.05. The van der Waals surface area contributed by atoms with Crippen LogP contribution in [0.1, 0.15) is 0 Å². The van der Waals surface area contributed by atoms with Crippen LogP contribution in [0.4, 0.5) is 4.39 Å². The third kappa shape index (κ3) is 3.07. The number of nitrogens with one attached hydrogen (secondary N) is 1. The van der Waals surface area contributed by atoms with E-state index in [9.17, 15) is 12.8 Å². The van der Waals surface area contributed by atoms with Crippen LogP contribution in [0.3, 0.4) is 0 Å². The average molecular weight is 379 g/mol. The summed E-state index contributed by atoms with van der Waals surface area (Å²) in [5.41, 5.74) is 0.993. The molecule has 1 N–H and O–H groups in total. The van der Waals surface area contributed by atoms with E-state index in [1.54, 1.807) is 0 Å². The molecule has 0 spiro atoms. The molecule has 0 amide bonds. The van der Waals surface area contributed by atoms with Crippen molar-refractivity contribution in [3.8, 4) is 0 Å². The third-order valence-corrected chi connectivity index (χ3v) is 6.95. The van der Waals surface area contributed by atoms with Gasteiger partial charge in [-0.1, -0.05) is 24.3 Å². The monoisotopic (exact) mass is 379 g/mol. The predicted molar refractivity (Wildman–Crippen MR) is 95.5 cm³/mol. The summed E-state index contributed by atoms with van der Waals surface area (Å²) in [7, 11) is -3.95. The summed E-state index contributed by atoms with van der Waals surface area (Å²) in [6.45, 7) is 3.97. The van der Waals surface area contributed by atoms with Gasteiger partial charge in [-0.05, 0) is 18.2 Å². The molecule has 0 radical (unpaired) electrons. The Morgan fingerprint density at radius 3 is 2.69 bits per heavy atom. The average Bonchev–Trinajstić information content (AvgIpc) is 2.68. The molecule has 0 saturated carbocycles. The van der Waals surface area contributed by atoms with Crippen LogP contribution in [0.15, 0.2) is 53.1 Å². The summed E-state index contributed by atoms with van der Waals surface area (Å²) in [5, 5.41) is 3.31. The van der Waals surface area contributed by atoms with Gasteiger partial charge in [-0.15, -0.1) is 0 Å². The topological polar surface area (TPSA) is 61.9 Å². The Kier molecular flexibility index (Phi) is 4.83. The zero-order valence-corrected chi connectivity index (χ0v) is 15.2. The minimum Gasteiger partial charge on any atom is -0.370 e. The van der Waals surface area contributed by atoms with Crippen LogP contribution in [0, 0.1) is 5.82 Å². The van der Waals surface area contributed by atoms with E-state index in [0.717, 1.165) is 31.9 Å². The number of morpholine rings is 1. The molecule has 2 heterocycles. The van der Waals surface area contributed by atoms with Gasteiger partial charge in [0.15, 0.2) is 0 Å². The SMILES string of the molecule is O=S(=O)(c1ccccc1F)N1CCOC2C(N3CCNCC3)=CC=CC21. The van der Waals surface area contributed by atoms with Crippen molar-refractivity contribution in [3.63, 3.8) is 0 Å². The van der Waals surface area contributed by atoms with Crippen LogP contribution in [0.5, 0.6) is 0 Å². The molecule has 0 bridgehead atoms. The Bertz CT molecular complexity index is 834. The number of fused-ring (bicyclic) bond motifs is 1. The summed E-state index contributed by atoms with van der Waals surface area (Å²) in [4.78, 5) is 1.95. The first-order valence-electron chi connectivity index (χ1n) is 8.81. The Morgan fingerprint density at radius 2 is 1.92 bits per heavy atom. The highest BCUT2D eigenvalue weighted by Crippen LogP contribution is 2.32. The van der Waals surface area contributed by atoms with Gasteiger partial charge in [0.1, 0.15) is 16.8 Å². The maximum absolute atomic E-state index is 14.2. The normalized spacial score (nSPS) is 27.1. The maximum atomic E-state index is 14.2. The molecule has 4 rings (SSSR count). The molecule has 2 unspecified atom stereocenters. The molecule has 2 saturated heterocycles. The number of sulfonamides is 1. The van der Waals surface area contributed by atoms with E-state index in [2.05, 4.69) is 10.2 Å². The van der Waals surface area contributed by atoms with Crippen molar-refractivity contribution in [3.05, 3.63) is 54.0 Å². The fourth-order valence-electron chi connectivity index (χ4n) is 3.76. The quantitative estimate of drug-likeness (QED) is 0.847. The van der Waals surface area contributed by atoms with Crippen LogP contribution < -0.4 is 5.32 Å². The van der Waals surface area contributed by atoms with Gasteiger partial charge in [-0.2, -0.15) is 4.31 Å². The number of allylic oxidation sites excluding steroid dienone is 2. The predicted octanol–water partition coefficient (Wildman–Crippen LogP) is 0.943. The second-order valence-corrected chi connectivity index (χ2v) is 8.40. The first-order valence-corrected chi connectivity index (χ1v) is 10.2. The lowest BCUT2D eigenvalue weighted by molar-refractivity contribution is -0.0205. The molecule has 8 heteroatoms. The van der Waals surface area contributed by atoms with E-state index in [0.29, 0.717) is 0 Å². The van der Waals surface area contributed by atoms with E-state index >= 15 is 0 Å². The first-order chi connectivity index (χ1) is 12.6. The molecule has 6 nitrogen and oxygen atoms in total. The largest absolute Gasteiger partial charge is 0.370 e. The van der Waals surface area contributed by atoms with Gasteiger partial charge in [0, 0.05) is 38.4 Å². The second-order valence-electron chi connectivity index (χ2n) is 6.54. The van der Waals surface area contributed by atoms with Gasteiger partial charge in [0.05, 0.1) is 12.6 Å². The molecule has 0 aromatic heterocycles. The van der Waals surface area contributed by atoms with Crippen LogP contribution in [-0.2, 0) is 14.8 Å². The van der Waals surface area contributed by atoms with Gasteiger partial charge < -0.3 is 15.0 Å². The Balaban J connectivity index is 1.65. The molecule has 3 aliphatic rings. The minimum absolute atomic E-state index is 0.205. The van der Waals surface area contributed by atoms with E-state index in [1.807, 2.05) is 18.2 Å².